The Hall–Kier alpha value is -2.18. The van der Waals surface area contributed by atoms with Crippen molar-refractivity contribution in [2.45, 2.75) is 26.8 Å². The quantitative estimate of drug-likeness (QED) is 0.639. The van der Waals surface area contributed by atoms with Crippen molar-refractivity contribution in [3.63, 3.8) is 0 Å². The molecule has 0 radical (unpaired) electrons. The lowest BCUT2D eigenvalue weighted by Gasteiger charge is -2.37. The molecule has 0 unspecified atom stereocenters. The average Bonchev–Trinajstić information content (AvgIpc) is 3.09. The van der Waals surface area contributed by atoms with Gasteiger partial charge >= 0.3 is 5.97 Å². The number of esters is 1. The molecule has 4 nitrogen and oxygen atoms in total. The van der Waals surface area contributed by atoms with Gasteiger partial charge in [-0.1, -0.05) is 18.2 Å². The molecule has 25 heavy (non-hydrogen) atoms. The standard InChI is InChI=1S/C19H20N2O2S2/c1-4-23-18(22)16-13(3)21(14-8-5-7-12(2)11-14)19(24)20-17(16)15-9-6-10-25-15/h5-11,17H,4H2,1-3H3,(H,20,24)/t17-/m1/s1. The van der Waals surface area contributed by atoms with Crippen molar-refractivity contribution in [3.05, 3.63) is 63.5 Å². The lowest BCUT2D eigenvalue weighted by atomic mass is 10.00. The molecule has 2 aromatic rings. The third-order valence-electron chi connectivity index (χ3n) is 4.07. The van der Waals surface area contributed by atoms with Gasteiger partial charge in [0.25, 0.3) is 0 Å². The maximum Gasteiger partial charge on any atom is 0.338 e. The first-order valence-corrected chi connectivity index (χ1v) is 9.40. The van der Waals surface area contributed by atoms with Gasteiger partial charge in [-0.05, 0) is 62.1 Å². The van der Waals surface area contributed by atoms with Gasteiger partial charge in [0.1, 0.15) is 0 Å². The van der Waals surface area contributed by atoms with E-state index >= 15 is 0 Å². The van der Waals surface area contributed by atoms with E-state index < -0.39 is 0 Å². The van der Waals surface area contributed by atoms with Crippen molar-refractivity contribution in [2.75, 3.05) is 11.5 Å². The third-order valence-corrected chi connectivity index (χ3v) is 5.31. The molecule has 1 atom stereocenters. The molecule has 0 aliphatic carbocycles. The fourth-order valence-corrected chi connectivity index (χ4v) is 4.11. The topological polar surface area (TPSA) is 41.6 Å². The fourth-order valence-electron chi connectivity index (χ4n) is 2.96. The maximum atomic E-state index is 12.7. The highest BCUT2D eigenvalue weighted by molar-refractivity contribution is 7.80. The second kappa shape index (κ2) is 7.37. The van der Waals surface area contributed by atoms with Crippen LogP contribution in [0.5, 0.6) is 0 Å². The van der Waals surface area contributed by atoms with Crippen LogP contribution in [0.3, 0.4) is 0 Å². The van der Waals surface area contributed by atoms with Gasteiger partial charge < -0.3 is 10.1 Å². The number of rotatable bonds is 4. The monoisotopic (exact) mass is 372 g/mol. The Kier molecular flexibility index (Phi) is 5.20. The molecule has 0 spiro atoms. The van der Waals surface area contributed by atoms with E-state index in [1.165, 1.54) is 0 Å². The number of ether oxygens (including phenoxy) is 1. The van der Waals surface area contributed by atoms with Crippen molar-refractivity contribution in [1.29, 1.82) is 0 Å². The Bertz CT molecular complexity index is 828. The predicted octanol–water partition coefficient (Wildman–Crippen LogP) is 4.33. The van der Waals surface area contributed by atoms with Crippen molar-refractivity contribution in [2.24, 2.45) is 0 Å². The van der Waals surface area contributed by atoms with Gasteiger partial charge in [0, 0.05) is 16.3 Å². The van der Waals surface area contributed by atoms with Crippen LogP contribution >= 0.6 is 23.6 Å². The summed E-state index contributed by atoms with van der Waals surface area (Å²) in [5.74, 6) is -0.314. The summed E-state index contributed by atoms with van der Waals surface area (Å²) in [5, 5.41) is 5.89. The average molecular weight is 373 g/mol. The number of nitrogens with one attached hydrogen (secondary N) is 1. The molecule has 1 aliphatic heterocycles. The van der Waals surface area contributed by atoms with Gasteiger partial charge in [0.05, 0.1) is 18.2 Å². The van der Waals surface area contributed by atoms with Gasteiger partial charge in [-0.2, -0.15) is 0 Å². The number of benzene rings is 1. The van der Waals surface area contributed by atoms with E-state index in [1.807, 2.05) is 67.4 Å². The molecule has 0 saturated heterocycles. The fraction of sp³-hybridized carbons (Fsp3) is 0.263. The minimum absolute atomic E-state index is 0.285. The van der Waals surface area contributed by atoms with Gasteiger partial charge in [0.15, 0.2) is 5.11 Å². The van der Waals surface area contributed by atoms with Crippen LogP contribution in [0.15, 0.2) is 53.0 Å². The zero-order valence-corrected chi connectivity index (χ0v) is 16.0. The van der Waals surface area contributed by atoms with Crippen LogP contribution in [0.25, 0.3) is 0 Å². The minimum atomic E-state index is -0.314. The summed E-state index contributed by atoms with van der Waals surface area (Å²) in [5.41, 5.74) is 3.46. The highest BCUT2D eigenvalue weighted by Crippen LogP contribution is 2.35. The minimum Gasteiger partial charge on any atom is -0.463 e. The molecule has 0 saturated carbocycles. The zero-order valence-electron chi connectivity index (χ0n) is 14.4. The molecule has 3 rings (SSSR count). The zero-order chi connectivity index (χ0) is 18.0. The Labute approximate surface area is 157 Å². The molecule has 1 aromatic heterocycles. The number of anilines is 1. The molecule has 0 amide bonds. The molecule has 0 fully saturated rings. The summed E-state index contributed by atoms with van der Waals surface area (Å²) >= 11 is 7.21. The Morgan fingerprint density at radius 3 is 2.76 bits per heavy atom. The van der Waals surface area contributed by atoms with Gasteiger partial charge in [0.2, 0.25) is 0 Å². The van der Waals surface area contributed by atoms with E-state index in [-0.39, 0.29) is 12.0 Å². The normalized spacial score (nSPS) is 17.5. The van der Waals surface area contributed by atoms with Crippen LogP contribution in [0.1, 0.15) is 30.3 Å². The number of hydrogen-bond donors (Lipinski definition) is 1. The highest BCUT2D eigenvalue weighted by atomic mass is 32.1. The number of nitrogens with zero attached hydrogens (tertiary/aromatic N) is 1. The summed E-state index contributed by atoms with van der Waals surface area (Å²) < 4.78 is 5.32. The molecule has 1 aliphatic rings. The van der Waals surface area contributed by atoms with E-state index in [0.29, 0.717) is 17.3 Å². The SMILES string of the molecule is CCOC(=O)C1=C(C)N(c2cccc(C)c2)C(=S)N[C@@H]1c1cccs1. The predicted molar refractivity (Wildman–Crippen MR) is 106 cm³/mol. The van der Waals surface area contributed by atoms with E-state index in [9.17, 15) is 4.79 Å². The van der Waals surface area contributed by atoms with E-state index in [1.54, 1.807) is 11.3 Å². The summed E-state index contributed by atoms with van der Waals surface area (Å²) in [4.78, 5) is 15.6. The van der Waals surface area contributed by atoms with Gasteiger partial charge in [-0.15, -0.1) is 11.3 Å². The van der Waals surface area contributed by atoms with Crippen LogP contribution in [0.4, 0.5) is 5.69 Å². The van der Waals surface area contributed by atoms with Crippen LogP contribution in [0, 0.1) is 6.92 Å². The first-order chi connectivity index (χ1) is 12.0. The third kappa shape index (κ3) is 3.45. The first-order valence-electron chi connectivity index (χ1n) is 8.11. The highest BCUT2D eigenvalue weighted by Gasteiger charge is 2.35. The Balaban J connectivity index is 2.12. The van der Waals surface area contributed by atoms with Crippen LogP contribution in [-0.4, -0.2) is 17.7 Å². The van der Waals surface area contributed by atoms with Gasteiger partial charge in [-0.3, -0.25) is 4.90 Å². The number of carbonyl (C=O) groups excluding carboxylic acids is 1. The van der Waals surface area contributed by atoms with E-state index in [2.05, 4.69) is 5.32 Å². The number of carbonyl (C=O) groups is 1. The van der Waals surface area contributed by atoms with Gasteiger partial charge in [-0.25, -0.2) is 4.79 Å². The first kappa shape index (κ1) is 17.6. The largest absolute Gasteiger partial charge is 0.463 e. The molecule has 2 heterocycles. The number of allylic oxidation sites excluding steroid dienone is 1. The summed E-state index contributed by atoms with van der Waals surface area (Å²) in [6, 6.07) is 11.7. The summed E-state index contributed by atoms with van der Waals surface area (Å²) in [6.45, 7) is 6.10. The van der Waals surface area contributed by atoms with Crippen LogP contribution in [-0.2, 0) is 9.53 Å². The van der Waals surface area contributed by atoms with Crippen molar-refractivity contribution >= 4 is 40.3 Å². The van der Waals surface area contributed by atoms with Crippen LogP contribution in [0.2, 0.25) is 0 Å². The number of aryl methyl sites for hydroxylation is 1. The van der Waals surface area contributed by atoms with Crippen molar-refractivity contribution < 1.29 is 9.53 Å². The van der Waals surface area contributed by atoms with Crippen molar-refractivity contribution in [3.8, 4) is 0 Å². The molecule has 130 valence electrons. The lowest BCUT2D eigenvalue weighted by Crippen LogP contribution is -2.48. The molecule has 0 bridgehead atoms. The molecular weight excluding hydrogens is 352 g/mol. The Morgan fingerprint density at radius 1 is 1.32 bits per heavy atom. The smallest absolute Gasteiger partial charge is 0.338 e. The molecule has 1 N–H and O–H groups in total. The maximum absolute atomic E-state index is 12.7. The summed E-state index contributed by atoms with van der Waals surface area (Å²) in [7, 11) is 0. The molecular formula is C19H20N2O2S2. The lowest BCUT2D eigenvalue weighted by molar-refractivity contribution is -0.139. The number of thiophene rings is 1. The molecule has 1 aromatic carbocycles. The number of hydrogen-bond acceptors (Lipinski definition) is 4. The van der Waals surface area contributed by atoms with E-state index in [4.69, 9.17) is 17.0 Å². The van der Waals surface area contributed by atoms with E-state index in [0.717, 1.165) is 21.8 Å². The van der Waals surface area contributed by atoms with Crippen LogP contribution < -0.4 is 10.2 Å². The molecule has 6 heteroatoms. The Morgan fingerprint density at radius 2 is 2.12 bits per heavy atom. The number of thiocarbonyl (C=S) groups is 1. The second-order valence-electron chi connectivity index (χ2n) is 5.79. The van der Waals surface area contributed by atoms with Crippen molar-refractivity contribution in [1.82, 2.24) is 5.32 Å². The summed E-state index contributed by atoms with van der Waals surface area (Å²) in [6.07, 6.45) is 0. The second-order valence-corrected chi connectivity index (χ2v) is 7.16.